The number of carboxylic acids is 1. The van der Waals surface area contributed by atoms with Crippen molar-refractivity contribution in [2.24, 2.45) is 10.8 Å². The number of nitrogens with one attached hydrogen (secondary N) is 1. The van der Waals surface area contributed by atoms with Crippen LogP contribution in [0.2, 0.25) is 0 Å². The van der Waals surface area contributed by atoms with Crippen LogP contribution in [0.4, 0.5) is 0 Å². The lowest BCUT2D eigenvalue weighted by Gasteiger charge is -2.68. The standard InChI is InChI=1S/C18H21N3O3/c22-16(23)18-10-17(11-18,12-18)6-1-2-8-24-13-3-4-14(19-9-13)15-5-7-20-21-15/h3-5,7,9H,1-2,6,8,10-12H2,(H,20,21)(H,22,23). The molecule has 0 spiro atoms. The van der Waals surface area contributed by atoms with Gasteiger partial charge in [0, 0.05) is 6.20 Å². The van der Waals surface area contributed by atoms with Crippen molar-refractivity contribution in [3.63, 3.8) is 0 Å². The molecule has 126 valence electrons. The monoisotopic (exact) mass is 327 g/mol. The maximum atomic E-state index is 11.1. The van der Waals surface area contributed by atoms with E-state index in [1.54, 1.807) is 12.4 Å². The van der Waals surface area contributed by atoms with Crippen LogP contribution in [0, 0.1) is 10.8 Å². The van der Waals surface area contributed by atoms with Gasteiger partial charge in [-0.1, -0.05) is 0 Å². The van der Waals surface area contributed by atoms with Crippen molar-refractivity contribution in [2.45, 2.75) is 38.5 Å². The number of carboxylic acid groups (broad SMARTS) is 1. The highest BCUT2D eigenvalue weighted by Gasteiger charge is 2.70. The topological polar surface area (TPSA) is 88.1 Å². The van der Waals surface area contributed by atoms with E-state index in [1.807, 2.05) is 18.2 Å². The zero-order valence-electron chi connectivity index (χ0n) is 13.5. The number of aromatic amines is 1. The number of pyridine rings is 1. The Hall–Kier alpha value is -2.37. The Labute approximate surface area is 140 Å². The lowest BCUT2D eigenvalue weighted by atomic mass is 9.34. The van der Waals surface area contributed by atoms with Gasteiger partial charge in [-0.05, 0) is 62.1 Å². The molecule has 0 amide bonds. The summed E-state index contributed by atoms with van der Waals surface area (Å²) in [7, 11) is 0. The second kappa shape index (κ2) is 5.61. The fourth-order valence-corrected chi connectivity index (χ4v) is 4.31. The normalized spacial score (nSPS) is 27.2. The fraction of sp³-hybridized carbons (Fsp3) is 0.500. The molecule has 0 saturated heterocycles. The van der Waals surface area contributed by atoms with E-state index < -0.39 is 5.97 Å². The van der Waals surface area contributed by atoms with E-state index in [9.17, 15) is 4.79 Å². The number of unbranched alkanes of at least 4 members (excludes halogenated alkanes) is 1. The van der Waals surface area contributed by atoms with E-state index in [4.69, 9.17) is 9.84 Å². The predicted octanol–water partition coefficient (Wildman–Crippen LogP) is 3.28. The molecule has 2 aromatic rings. The van der Waals surface area contributed by atoms with Gasteiger partial charge in [-0.3, -0.25) is 14.9 Å². The third-order valence-electron chi connectivity index (χ3n) is 5.48. The Bertz CT molecular complexity index is 705. The summed E-state index contributed by atoms with van der Waals surface area (Å²) in [6.07, 6.45) is 9.29. The predicted molar refractivity (Wildman–Crippen MR) is 87.5 cm³/mol. The molecule has 0 aromatic carbocycles. The molecular weight excluding hydrogens is 306 g/mol. The molecule has 2 heterocycles. The first-order chi connectivity index (χ1) is 11.6. The molecule has 24 heavy (non-hydrogen) atoms. The summed E-state index contributed by atoms with van der Waals surface area (Å²) in [4.78, 5) is 15.4. The molecule has 0 aliphatic heterocycles. The van der Waals surface area contributed by atoms with E-state index in [1.165, 1.54) is 0 Å². The molecule has 3 aliphatic carbocycles. The van der Waals surface area contributed by atoms with Crippen LogP contribution in [-0.2, 0) is 4.79 Å². The summed E-state index contributed by atoms with van der Waals surface area (Å²) in [5, 5.41) is 15.9. The van der Waals surface area contributed by atoms with Crippen LogP contribution in [-0.4, -0.2) is 32.9 Å². The van der Waals surface area contributed by atoms with Crippen LogP contribution >= 0.6 is 0 Å². The van der Waals surface area contributed by atoms with Crippen LogP contribution in [0.5, 0.6) is 5.75 Å². The SMILES string of the molecule is O=C(O)C12CC(CCCCOc3ccc(-c4ccn[nH]4)nc3)(C1)C2. The molecule has 0 radical (unpaired) electrons. The van der Waals surface area contributed by atoms with Crippen molar-refractivity contribution in [1.29, 1.82) is 0 Å². The van der Waals surface area contributed by atoms with Crippen molar-refractivity contribution in [3.8, 4) is 17.1 Å². The average molecular weight is 327 g/mol. The molecule has 5 rings (SSSR count). The zero-order chi connectivity index (χ0) is 16.6. The summed E-state index contributed by atoms with van der Waals surface area (Å²) >= 11 is 0. The lowest BCUT2D eigenvalue weighted by molar-refractivity contribution is -0.225. The third kappa shape index (κ3) is 2.56. The van der Waals surface area contributed by atoms with E-state index in [0.29, 0.717) is 12.0 Å². The number of hydrogen-bond donors (Lipinski definition) is 2. The highest BCUT2D eigenvalue weighted by Crippen LogP contribution is 2.75. The van der Waals surface area contributed by atoms with Gasteiger partial charge in [0.15, 0.2) is 0 Å². The number of rotatable bonds is 8. The highest BCUT2D eigenvalue weighted by molar-refractivity contribution is 5.79. The largest absolute Gasteiger partial charge is 0.492 e. The second-order valence-electron chi connectivity index (χ2n) is 7.27. The summed E-state index contributed by atoms with van der Waals surface area (Å²) in [6.45, 7) is 0.672. The second-order valence-corrected chi connectivity index (χ2v) is 7.27. The Morgan fingerprint density at radius 3 is 2.71 bits per heavy atom. The Balaban J connectivity index is 1.16. The fourth-order valence-electron chi connectivity index (χ4n) is 4.31. The minimum Gasteiger partial charge on any atom is -0.492 e. The quantitative estimate of drug-likeness (QED) is 0.726. The molecule has 0 atom stereocenters. The van der Waals surface area contributed by atoms with Gasteiger partial charge in [-0.2, -0.15) is 5.10 Å². The summed E-state index contributed by atoms with van der Waals surface area (Å²) in [5.74, 6) is 0.174. The number of nitrogens with zero attached hydrogens (tertiary/aromatic N) is 2. The number of ether oxygens (including phenoxy) is 1. The van der Waals surface area contributed by atoms with Crippen molar-refractivity contribution >= 4 is 5.97 Å². The van der Waals surface area contributed by atoms with Gasteiger partial charge in [0.05, 0.1) is 29.6 Å². The van der Waals surface area contributed by atoms with Crippen molar-refractivity contribution in [2.75, 3.05) is 6.61 Å². The molecular formula is C18H21N3O3. The van der Waals surface area contributed by atoms with Crippen LogP contribution < -0.4 is 4.74 Å². The van der Waals surface area contributed by atoms with E-state index in [0.717, 1.165) is 55.7 Å². The van der Waals surface area contributed by atoms with Gasteiger partial charge in [0.1, 0.15) is 5.75 Å². The van der Waals surface area contributed by atoms with E-state index in [-0.39, 0.29) is 5.41 Å². The molecule has 6 heteroatoms. The van der Waals surface area contributed by atoms with Crippen LogP contribution in [0.25, 0.3) is 11.4 Å². The third-order valence-corrected chi connectivity index (χ3v) is 5.48. The molecule has 3 saturated carbocycles. The maximum Gasteiger partial charge on any atom is 0.309 e. The van der Waals surface area contributed by atoms with E-state index in [2.05, 4.69) is 15.2 Å². The van der Waals surface area contributed by atoms with Crippen LogP contribution in [0.15, 0.2) is 30.6 Å². The minimum absolute atomic E-state index is 0.339. The maximum absolute atomic E-state index is 11.1. The molecule has 2 N–H and O–H groups in total. The van der Waals surface area contributed by atoms with Crippen molar-refractivity contribution in [1.82, 2.24) is 15.2 Å². The molecule has 2 aromatic heterocycles. The van der Waals surface area contributed by atoms with E-state index >= 15 is 0 Å². The Kier molecular flexibility index (Phi) is 3.55. The highest BCUT2D eigenvalue weighted by atomic mass is 16.5. The van der Waals surface area contributed by atoms with Gasteiger partial charge in [0.25, 0.3) is 0 Å². The van der Waals surface area contributed by atoms with Crippen LogP contribution in [0.3, 0.4) is 0 Å². The lowest BCUT2D eigenvalue weighted by Crippen LogP contribution is -2.65. The van der Waals surface area contributed by atoms with Crippen LogP contribution in [0.1, 0.15) is 38.5 Å². The Morgan fingerprint density at radius 1 is 1.25 bits per heavy atom. The number of aliphatic carboxylic acids is 1. The van der Waals surface area contributed by atoms with Gasteiger partial charge >= 0.3 is 5.97 Å². The number of H-pyrrole nitrogens is 1. The summed E-state index contributed by atoms with van der Waals surface area (Å²) in [6, 6.07) is 5.71. The first-order valence-corrected chi connectivity index (χ1v) is 8.43. The first-order valence-electron chi connectivity index (χ1n) is 8.43. The van der Waals surface area contributed by atoms with Gasteiger partial charge < -0.3 is 9.84 Å². The van der Waals surface area contributed by atoms with Gasteiger partial charge in [0.2, 0.25) is 0 Å². The number of carbonyl (C=O) groups is 1. The van der Waals surface area contributed by atoms with Gasteiger partial charge in [-0.25, -0.2) is 0 Å². The Morgan fingerprint density at radius 2 is 2.08 bits per heavy atom. The summed E-state index contributed by atoms with van der Waals surface area (Å²) < 4.78 is 5.73. The number of aromatic nitrogens is 3. The molecule has 3 aliphatic rings. The van der Waals surface area contributed by atoms with Crippen molar-refractivity contribution in [3.05, 3.63) is 30.6 Å². The molecule has 3 fully saturated rings. The average Bonchev–Trinajstić information content (AvgIpc) is 3.02. The van der Waals surface area contributed by atoms with Crippen molar-refractivity contribution < 1.29 is 14.6 Å². The summed E-state index contributed by atoms with van der Waals surface area (Å²) in [5.41, 5.74) is 1.72. The zero-order valence-corrected chi connectivity index (χ0v) is 13.5. The molecule has 2 bridgehead atoms. The van der Waals surface area contributed by atoms with Gasteiger partial charge in [-0.15, -0.1) is 0 Å². The molecule has 0 unspecified atom stereocenters. The minimum atomic E-state index is -0.598. The first kappa shape index (κ1) is 15.2. The number of hydrogen-bond acceptors (Lipinski definition) is 4. The smallest absolute Gasteiger partial charge is 0.309 e. The molecule has 6 nitrogen and oxygen atoms in total.